The van der Waals surface area contributed by atoms with E-state index in [0.717, 1.165) is 16.9 Å². The van der Waals surface area contributed by atoms with Crippen molar-refractivity contribution in [2.75, 3.05) is 24.8 Å². The van der Waals surface area contributed by atoms with E-state index >= 15 is 0 Å². The maximum atomic E-state index is 13.2. The molecule has 1 atom stereocenters. The molecule has 3 heterocycles. The van der Waals surface area contributed by atoms with Crippen LogP contribution in [0.5, 0.6) is 11.5 Å². The van der Waals surface area contributed by atoms with Crippen LogP contribution < -0.4 is 15.2 Å². The lowest BCUT2D eigenvalue weighted by Gasteiger charge is -2.44. The molecular formula is C25H23N3O4. The molecule has 0 spiro atoms. The molecule has 32 heavy (non-hydrogen) atoms. The Labute approximate surface area is 185 Å². The largest absolute Gasteiger partial charge is 0.502 e. The molecule has 2 aliphatic heterocycles. The van der Waals surface area contributed by atoms with Gasteiger partial charge in [-0.25, -0.2) is 0 Å². The van der Waals surface area contributed by atoms with Gasteiger partial charge in [0.15, 0.2) is 11.4 Å². The van der Waals surface area contributed by atoms with Gasteiger partial charge >= 0.3 is 0 Å². The zero-order chi connectivity index (χ0) is 22.1. The van der Waals surface area contributed by atoms with Gasteiger partial charge in [0.2, 0.25) is 5.43 Å². The Kier molecular flexibility index (Phi) is 5.15. The number of ether oxygens (including phenoxy) is 1. The average Bonchev–Trinajstić information content (AvgIpc) is 2.81. The van der Waals surface area contributed by atoms with Crippen molar-refractivity contribution in [3.8, 4) is 11.5 Å². The van der Waals surface area contributed by atoms with Gasteiger partial charge in [-0.3, -0.25) is 19.3 Å². The van der Waals surface area contributed by atoms with Crippen LogP contribution in [0.15, 0.2) is 83.8 Å². The van der Waals surface area contributed by atoms with Crippen LogP contribution in [0.2, 0.25) is 0 Å². The molecule has 2 aliphatic rings. The van der Waals surface area contributed by atoms with Crippen molar-refractivity contribution in [3.63, 3.8) is 0 Å². The number of amides is 1. The molecule has 1 N–H and O–H groups in total. The third-order valence-corrected chi connectivity index (χ3v) is 5.83. The summed E-state index contributed by atoms with van der Waals surface area (Å²) in [5.74, 6) is -0.161. The monoisotopic (exact) mass is 429 g/mol. The van der Waals surface area contributed by atoms with Gasteiger partial charge in [0.25, 0.3) is 5.91 Å². The van der Waals surface area contributed by atoms with E-state index in [1.165, 1.54) is 6.07 Å². The number of hydrogen-bond donors (Lipinski definition) is 1. The molecule has 162 valence electrons. The van der Waals surface area contributed by atoms with Crippen LogP contribution in [-0.4, -0.2) is 40.4 Å². The predicted molar refractivity (Wildman–Crippen MR) is 120 cm³/mol. The number of fused-ring (bicyclic) bond motifs is 5. The van der Waals surface area contributed by atoms with E-state index in [9.17, 15) is 14.7 Å². The smallest absolute Gasteiger partial charge is 0.277 e. The number of aromatic nitrogens is 1. The Balaban J connectivity index is 1.78. The quantitative estimate of drug-likeness (QED) is 0.602. The topological polar surface area (TPSA) is 75.0 Å². The molecule has 1 aromatic heterocycles. The second-order valence-corrected chi connectivity index (χ2v) is 7.79. The van der Waals surface area contributed by atoms with Gasteiger partial charge < -0.3 is 14.7 Å². The number of benzene rings is 2. The number of carbonyl (C=O) groups is 1. The van der Waals surface area contributed by atoms with Gasteiger partial charge in [-0.1, -0.05) is 60.7 Å². The Morgan fingerprint density at radius 1 is 0.938 bits per heavy atom. The zero-order valence-corrected chi connectivity index (χ0v) is 17.4. The van der Waals surface area contributed by atoms with E-state index in [1.807, 2.05) is 71.8 Å². The highest BCUT2D eigenvalue weighted by atomic mass is 16.5. The molecule has 0 saturated carbocycles. The first-order valence-electron chi connectivity index (χ1n) is 10.6. The van der Waals surface area contributed by atoms with Crippen molar-refractivity contribution >= 4 is 5.91 Å². The molecule has 1 amide bonds. The number of hydrogen-bond acceptors (Lipinski definition) is 5. The predicted octanol–water partition coefficient (Wildman–Crippen LogP) is 3.03. The lowest BCUT2D eigenvalue weighted by atomic mass is 9.97. The normalized spacial score (nSPS) is 19.1. The number of carbonyl (C=O) groups excluding carboxylic acids is 1. The highest BCUT2D eigenvalue weighted by molar-refractivity contribution is 5.96. The van der Waals surface area contributed by atoms with E-state index in [1.54, 1.807) is 15.8 Å². The van der Waals surface area contributed by atoms with E-state index < -0.39 is 11.2 Å². The minimum Gasteiger partial charge on any atom is -0.502 e. The molecule has 0 fully saturated rings. The molecular weight excluding hydrogens is 406 g/mol. The lowest BCUT2D eigenvalue weighted by molar-refractivity contribution is 0.0682. The van der Waals surface area contributed by atoms with Crippen LogP contribution in [0, 0.1) is 0 Å². The minimum absolute atomic E-state index is 0.0240. The summed E-state index contributed by atoms with van der Waals surface area (Å²) in [6.45, 7) is 1.17. The van der Waals surface area contributed by atoms with Crippen molar-refractivity contribution in [2.45, 2.75) is 12.5 Å². The Morgan fingerprint density at radius 2 is 1.72 bits per heavy atom. The summed E-state index contributed by atoms with van der Waals surface area (Å²) in [4.78, 5) is 27.1. The third-order valence-electron chi connectivity index (χ3n) is 5.83. The molecule has 3 aromatic rings. The Morgan fingerprint density at radius 3 is 2.56 bits per heavy atom. The van der Waals surface area contributed by atoms with Crippen molar-refractivity contribution < 1.29 is 14.6 Å². The summed E-state index contributed by atoms with van der Waals surface area (Å²) in [5.41, 5.74) is 1.32. The number of aromatic hydroxyl groups is 1. The molecule has 2 aromatic carbocycles. The number of para-hydroxylation sites is 1. The summed E-state index contributed by atoms with van der Waals surface area (Å²) in [5, 5.41) is 12.5. The fourth-order valence-corrected chi connectivity index (χ4v) is 4.31. The fraction of sp³-hybridized carbons (Fsp3) is 0.200. The molecule has 1 unspecified atom stereocenters. The van der Waals surface area contributed by atoms with Gasteiger partial charge in [0, 0.05) is 24.4 Å². The second-order valence-electron chi connectivity index (χ2n) is 7.79. The van der Waals surface area contributed by atoms with Crippen molar-refractivity contribution in [1.29, 1.82) is 0 Å². The number of pyridine rings is 1. The van der Waals surface area contributed by atoms with Crippen LogP contribution in [0.3, 0.4) is 0 Å². The van der Waals surface area contributed by atoms with Crippen molar-refractivity contribution in [3.05, 3.63) is 106 Å². The van der Waals surface area contributed by atoms with E-state index in [0.29, 0.717) is 19.6 Å². The molecule has 7 heteroatoms. The van der Waals surface area contributed by atoms with Gasteiger partial charge in [-0.05, 0) is 18.1 Å². The molecule has 0 radical (unpaired) electrons. The maximum absolute atomic E-state index is 13.2. The number of rotatable bonds is 1. The average molecular weight is 429 g/mol. The van der Waals surface area contributed by atoms with Crippen molar-refractivity contribution in [1.82, 2.24) is 9.58 Å². The Hall–Kier alpha value is -4.00. The first-order valence-corrected chi connectivity index (χ1v) is 10.6. The summed E-state index contributed by atoms with van der Waals surface area (Å²) in [6.07, 6.45) is 6.11. The molecule has 7 nitrogen and oxygen atoms in total. The molecule has 0 aliphatic carbocycles. The Bertz CT molecular complexity index is 1240. The number of nitrogens with zero attached hydrogens (tertiary/aromatic N) is 3. The van der Waals surface area contributed by atoms with Crippen LogP contribution in [0.4, 0.5) is 0 Å². The van der Waals surface area contributed by atoms with Crippen LogP contribution in [0.25, 0.3) is 0 Å². The fourth-order valence-electron chi connectivity index (χ4n) is 4.31. The first-order chi connectivity index (χ1) is 15.6. The lowest BCUT2D eigenvalue weighted by Crippen LogP contribution is -2.55. The molecule has 5 rings (SSSR count). The highest BCUT2D eigenvalue weighted by Crippen LogP contribution is 2.36. The van der Waals surface area contributed by atoms with Crippen LogP contribution in [-0.2, 0) is 0 Å². The highest BCUT2D eigenvalue weighted by Gasteiger charge is 2.37. The van der Waals surface area contributed by atoms with Crippen molar-refractivity contribution in [2.24, 2.45) is 0 Å². The third kappa shape index (κ3) is 3.41. The second kappa shape index (κ2) is 8.26. The van der Waals surface area contributed by atoms with E-state index in [-0.39, 0.29) is 24.3 Å². The van der Waals surface area contributed by atoms with Gasteiger partial charge in [0.1, 0.15) is 25.1 Å². The summed E-state index contributed by atoms with van der Waals surface area (Å²) >= 11 is 0. The SMILES string of the molecule is O=C1c2c(O)c(=O)ccn2N2CN1CC/C=C/COc1ccccc1C2c1ccccc1. The summed E-state index contributed by atoms with van der Waals surface area (Å²) in [6, 6.07) is 18.7. The van der Waals surface area contributed by atoms with Gasteiger partial charge in [-0.15, -0.1) is 0 Å². The standard InChI is InChI=1S/C25H23N3O4/c29-20-13-15-27-23(24(20)30)25(31)26-14-7-2-8-16-32-21-12-6-5-11-19(21)22(28(27)17-26)18-9-3-1-4-10-18/h1-6,8-13,15,22,30H,7,14,16-17H2/b8-2+. The van der Waals surface area contributed by atoms with Gasteiger partial charge in [-0.2, -0.15) is 0 Å². The van der Waals surface area contributed by atoms with Crippen LogP contribution in [0.1, 0.15) is 34.1 Å². The van der Waals surface area contributed by atoms with E-state index in [2.05, 4.69) is 0 Å². The van der Waals surface area contributed by atoms with Gasteiger partial charge in [0.05, 0.1) is 0 Å². The summed E-state index contributed by atoms with van der Waals surface area (Å²) < 4.78 is 7.70. The molecule has 0 saturated heterocycles. The summed E-state index contributed by atoms with van der Waals surface area (Å²) in [7, 11) is 0. The molecule has 2 bridgehead atoms. The maximum Gasteiger partial charge on any atom is 0.277 e. The van der Waals surface area contributed by atoms with E-state index in [4.69, 9.17) is 4.74 Å². The first kappa shape index (κ1) is 19.9. The zero-order valence-electron chi connectivity index (χ0n) is 17.4. The van der Waals surface area contributed by atoms with Crippen LogP contribution >= 0.6 is 0 Å². The minimum atomic E-state index is -0.576.